The van der Waals surface area contributed by atoms with Crippen LogP contribution in [-0.4, -0.2) is 29.4 Å². The van der Waals surface area contributed by atoms with Crippen molar-refractivity contribution in [3.8, 4) is 0 Å². The molecule has 4 atom stereocenters. The number of hydrogen-bond acceptors (Lipinski definition) is 3. The van der Waals surface area contributed by atoms with Crippen molar-refractivity contribution in [2.75, 3.05) is 6.61 Å². The lowest BCUT2D eigenvalue weighted by Gasteiger charge is -2.31. The second-order valence-corrected chi connectivity index (χ2v) is 6.35. The quantitative estimate of drug-likeness (QED) is 0.776. The molecule has 4 heteroatoms. The molecule has 2 aliphatic rings. The van der Waals surface area contributed by atoms with Crippen LogP contribution in [0, 0.1) is 17.8 Å². The first-order chi connectivity index (χ1) is 7.90. The van der Waals surface area contributed by atoms with Crippen molar-refractivity contribution in [1.82, 2.24) is 5.32 Å². The molecule has 0 spiro atoms. The van der Waals surface area contributed by atoms with E-state index in [1.54, 1.807) is 0 Å². The first-order valence-electron chi connectivity index (χ1n) is 6.51. The molecule has 98 valence electrons. The van der Waals surface area contributed by atoms with E-state index < -0.39 is 5.60 Å². The van der Waals surface area contributed by atoms with Gasteiger partial charge in [-0.3, -0.25) is 0 Å². The fourth-order valence-corrected chi connectivity index (χ4v) is 3.34. The van der Waals surface area contributed by atoms with Crippen LogP contribution in [0.2, 0.25) is 0 Å². The van der Waals surface area contributed by atoms with E-state index in [-0.39, 0.29) is 24.7 Å². The zero-order valence-corrected chi connectivity index (χ0v) is 10.9. The standard InChI is InChI=1S/C13H23NO3/c1-13(2,3)17-12(16)14-11-9-5-4-8(6-9)10(11)7-15/h8-11,15H,4-7H2,1-3H3,(H,14,16). The van der Waals surface area contributed by atoms with Gasteiger partial charge in [0.15, 0.2) is 0 Å². The van der Waals surface area contributed by atoms with Crippen molar-refractivity contribution in [3.63, 3.8) is 0 Å². The number of ether oxygens (including phenoxy) is 1. The summed E-state index contributed by atoms with van der Waals surface area (Å²) in [5, 5.41) is 12.4. The van der Waals surface area contributed by atoms with Gasteiger partial charge in [0.2, 0.25) is 0 Å². The maximum absolute atomic E-state index is 11.7. The Labute approximate surface area is 103 Å². The van der Waals surface area contributed by atoms with Crippen molar-refractivity contribution in [1.29, 1.82) is 0 Å². The van der Waals surface area contributed by atoms with Crippen molar-refractivity contribution in [2.24, 2.45) is 17.8 Å². The van der Waals surface area contributed by atoms with E-state index in [0.717, 1.165) is 6.42 Å². The average molecular weight is 241 g/mol. The number of amides is 1. The summed E-state index contributed by atoms with van der Waals surface area (Å²) < 4.78 is 5.27. The fraction of sp³-hybridized carbons (Fsp3) is 0.923. The normalized spacial score (nSPS) is 36.0. The van der Waals surface area contributed by atoms with Gasteiger partial charge in [-0.25, -0.2) is 4.79 Å². The van der Waals surface area contributed by atoms with E-state index in [1.807, 2.05) is 20.8 Å². The number of aliphatic hydroxyl groups excluding tert-OH is 1. The predicted molar refractivity (Wildman–Crippen MR) is 64.6 cm³/mol. The van der Waals surface area contributed by atoms with E-state index >= 15 is 0 Å². The predicted octanol–water partition coefficient (Wildman–Crippen LogP) is 1.92. The molecular formula is C13H23NO3. The summed E-state index contributed by atoms with van der Waals surface area (Å²) in [5.74, 6) is 1.34. The van der Waals surface area contributed by atoms with E-state index in [1.165, 1.54) is 12.8 Å². The average Bonchev–Trinajstić information content (AvgIpc) is 2.74. The fourth-order valence-electron chi connectivity index (χ4n) is 3.34. The molecule has 2 fully saturated rings. The maximum Gasteiger partial charge on any atom is 0.407 e. The van der Waals surface area contributed by atoms with Crippen molar-refractivity contribution in [3.05, 3.63) is 0 Å². The molecule has 0 heterocycles. The highest BCUT2D eigenvalue weighted by atomic mass is 16.6. The van der Waals surface area contributed by atoms with Crippen LogP contribution in [0.3, 0.4) is 0 Å². The summed E-state index contributed by atoms with van der Waals surface area (Å²) >= 11 is 0. The third-order valence-corrected chi connectivity index (χ3v) is 3.98. The highest BCUT2D eigenvalue weighted by molar-refractivity contribution is 5.68. The molecule has 0 aromatic heterocycles. The molecule has 0 aromatic carbocycles. The Morgan fingerprint density at radius 1 is 1.35 bits per heavy atom. The number of aliphatic hydroxyl groups is 1. The van der Waals surface area contributed by atoms with Gasteiger partial charge in [0.25, 0.3) is 0 Å². The third-order valence-electron chi connectivity index (χ3n) is 3.98. The Hall–Kier alpha value is -0.770. The highest BCUT2D eigenvalue weighted by Gasteiger charge is 2.48. The topological polar surface area (TPSA) is 58.6 Å². The van der Waals surface area contributed by atoms with Gasteiger partial charge in [0, 0.05) is 18.6 Å². The second kappa shape index (κ2) is 4.48. The SMILES string of the molecule is CC(C)(C)OC(=O)NC1C2CCC(C2)C1CO. The van der Waals surface area contributed by atoms with Gasteiger partial charge in [0.05, 0.1) is 0 Å². The number of fused-ring (bicyclic) bond motifs is 2. The maximum atomic E-state index is 11.7. The van der Waals surface area contributed by atoms with E-state index in [2.05, 4.69) is 5.32 Å². The van der Waals surface area contributed by atoms with Gasteiger partial charge in [-0.15, -0.1) is 0 Å². The molecule has 4 unspecified atom stereocenters. The number of rotatable bonds is 2. The molecule has 2 aliphatic carbocycles. The summed E-state index contributed by atoms with van der Waals surface area (Å²) in [6, 6.07) is 0.105. The zero-order valence-electron chi connectivity index (χ0n) is 10.9. The summed E-state index contributed by atoms with van der Waals surface area (Å²) in [4.78, 5) is 11.7. The Balaban J connectivity index is 1.92. The Morgan fingerprint density at radius 2 is 2.00 bits per heavy atom. The Kier molecular flexibility index (Phi) is 3.34. The van der Waals surface area contributed by atoms with Gasteiger partial charge in [0.1, 0.15) is 5.60 Å². The van der Waals surface area contributed by atoms with Gasteiger partial charge < -0.3 is 15.2 Å². The first-order valence-corrected chi connectivity index (χ1v) is 6.51. The monoisotopic (exact) mass is 241 g/mol. The first kappa shape index (κ1) is 12.7. The molecule has 2 N–H and O–H groups in total. The Morgan fingerprint density at radius 3 is 2.59 bits per heavy atom. The number of hydrogen-bond donors (Lipinski definition) is 2. The molecule has 2 rings (SSSR count). The third kappa shape index (κ3) is 2.73. The van der Waals surface area contributed by atoms with Crippen LogP contribution in [-0.2, 0) is 4.74 Å². The molecule has 0 saturated heterocycles. The van der Waals surface area contributed by atoms with E-state index in [9.17, 15) is 9.90 Å². The molecule has 2 saturated carbocycles. The second-order valence-electron chi connectivity index (χ2n) is 6.35. The highest BCUT2D eigenvalue weighted by Crippen LogP contribution is 2.48. The Bertz CT molecular complexity index is 298. The number of nitrogens with one attached hydrogen (secondary N) is 1. The number of alkyl carbamates (subject to hydrolysis) is 1. The minimum atomic E-state index is -0.462. The van der Waals surface area contributed by atoms with Gasteiger partial charge in [-0.05, 0) is 51.9 Å². The van der Waals surface area contributed by atoms with Crippen LogP contribution in [0.5, 0.6) is 0 Å². The molecule has 4 nitrogen and oxygen atoms in total. The lowest BCUT2D eigenvalue weighted by Crippen LogP contribution is -2.47. The smallest absolute Gasteiger partial charge is 0.407 e. The molecule has 0 aromatic rings. The van der Waals surface area contributed by atoms with Crippen LogP contribution < -0.4 is 5.32 Å². The molecule has 1 amide bonds. The number of carbonyl (C=O) groups excluding carboxylic acids is 1. The summed E-state index contributed by atoms with van der Waals surface area (Å²) in [6.45, 7) is 5.74. The minimum absolute atomic E-state index is 0.105. The van der Waals surface area contributed by atoms with Crippen molar-refractivity contribution < 1.29 is 14.6 Å². The summed E-state index contributed by atoms with van der Waals surface area (Å²) in [7, 11) is 0. The minimum Gasteiger partial charge on any atom is -0.444 e. The van der Waals surface area contributed by atoms with Crippen LogP contribution >= 0.6 is 0 Å². The summed E-state index contributed by atoms with van der Waals surface area (Å²) in [6.07, 6.45) is 3.16. The van der Waals surface area contributed by atoms with Crippen molar-refractivity contribution in [2.45, 2.75) is 51.7 Å². The van der Waals surface area contributed by atoms with Crippen molar-refractivity contribution >= 4 is 6.09 Å². The number of carbonyl (C=O) groups is 1. The molecule has 0 aliphatic heterocycles. The zero-order chi connectivity index (χ0) is 12.6. The molecule has 0 radical (unpaired) electrons. The molecule has 2 bridgehead atoms. The van der Waals surface area contributed by atoms with Gasteiger partial charge in [-0.2, -0.15) is 0 Å². The lowest BCUT2D eigenvalue weighted by molar-refractivity contribution is 0.0437. The summed E-state index contributed by atoms with van der Waals surface area (Å²) in [5.41, 5.74) is -0.462. The molecular weight excluding hydrogens is 218 g/mol. The lowest BCUT2D eigenvalue weighted by atomic mass is 9.85. The molecule has 17 heavy (non-hydrogen) atoms. The van der Waals surface area contributed by atoms with E-state index in [4.69, 9.17) is 4.74 Å². The van der Waals surface area contributed by atoms with Gasteiger partial charge in [-0.1, -0.05) is 0 Å². The van der Waals surface area contributed by atoms with Crippen LogP contribution in [0.25, 0.3) is 0 Å². The largest absolute Gasteiger partial charge is 0.444 e. The van der Waals surface area contributed by atoms with Gasteiger partial charge >= 0.3 is 6.09 Å². The van der Waals surface area contributed by atoms with E-state index in [0.29, 0.717) is 11.8 Å². The van der Waals surface area contributed by atoms with Crippen LogP contribution in [0.15, 0.2) is 0 Å². The van der Waals surface area contributed by atoms with Crippen LogP contribution in [0.1, 0.15) is 40.0 Å². The van der Waals surface area contributed by atoms with Crippen LogP contribution in [0.4, 0.5) is 4.79 Å².